The van der Waals surface area contributed by atoms with Gasteiger partial charge >= 0.3 is 8.56 Å². The minimum Gasteiger partial charge on any atom is -0.394 e. The van der Waals surface area contributed by atoms with Crippen LogP contribution in [0.4, 0.5) is 0 Å². The molecule has 0 atom stereocenters. The lowest BCUT2D eigenvalue weighted by molar-refractivity contribution is 0.180. The molecule has 0 fully saturated rings. The van der Waals surface area contributed by atoms with Crippen molar-refractivity contribution in [2.45, 2.75) is 168 Å². The topological polar surface area (TPSA) is 18.5 Å². The predicted octanol–water partition coefficient (Wildman–Crippen LogP) is 10.3. The Kier molecular flexibility index (Phi) is 24.9. The van der Waals surface area contributed by atoms with Crippen LogP contribution in [0.25, 0.3) is 0 Å². The first-order valence-corrected chi connectivity index (χ1v) is 16.8. The first-order valence-electron chi connectivity index (χ1n) is 14.5. The van der Waals surface area contributed by atoms with E-state index in [1.807, 2.05) is 0 Å². The molecule has 0 aromatic rings. The van der Waals surface area contributed by atoms with E-state index in [4.69, 9.17) is 8.85 Å². The minimum absolute atomic E-state index is 0.821. The second-order valence-corrected chi connectivity index (χ2v) is 13.0. The van der Waals surface area contributed by atoms with Crippen LogP contribution in [-0.4, -0.2) is 21.8 Å². The van der Waals surface area contributed by atoms with E-state index in [-0.39, 0.29) is 0 Å². The maximum Gasteiger partial charge on any atom is 0.338 e. The van der Waals surface area contributed by atoms with Crippen molar-refractivity contribution in [2.24, 2.45) is 0 Å². The largest absolute Gasteiger partial charge is 0.394 e. The zero-order valence-corrected chi connectivity index (χ0v) is 23.3. The number of hydrogen-bond acceptors (Lipinski definition) is 2. The van der Waals surface area contributed by atoms with Crippen molar-refractivity contribution < 1.29 is 8.85 Å². The molecule has 0 radical (unpaired) electrons. The lowest BCUT2D eigenvalue weighted by Gasteiger charge is -2.30. The van der Waals surface area contributed by atoms with E-state index in [9.17, 15) is 0 Å². The Balaban J connectivity index is 3.84. The molecule has 0 aromatic heterocycles. The smallest absolute Gasteiger partial charge is 0.338 e. The summed E-state index contributed by atoms with van der Waals surface area (Å²) in [5.74, 6) is 0. The first kappa shape index (κ1) is 31.1. The molecule has 0 unspecified atom stereocenters. The molecule has 0 rings (SSSR count). The van der Waals surface area contributed by atoms with Crippen LogP contribution in [0.3, 0.4) is 0 Å². The minimum atomic E-state index is -1.97. The average molecular weight is 457 g/mol. The Morgan fingerprint density at radius 3 is 0.871 bits per heavy atom. The molecule has 0 bridgehead atoms. The van der Waals surface area contributed by atoms with Crippen molar-refractivity contribution in [3.8, 4) is 0 Å². The van der Waals surface area contributed by atoms with Gasteiger partial charge in [-0.2, -0.15) is 0 Å². The molecule has 0 aliphatic rings. The molecule has 0 N–H and O–H groups in total. The van der Waals surface area contributed by atoms with Gasteiger partial charge in [-0.1, -0.05) is 142 Å². The van der Waals surface area contributed by atoms with Gasteiger partial charge in [-0.3, -0.25) is 0 Å². The fourth-order valence-corrected chi connectivity index (χ4v) is 8.29. The zero-order valence-electron chi connectivity index (χ0n) is 22.3. The Labute approximate surface area is 198 Å². The summed E-state index contributed by atoms with van der Waals surface area (Å²) in [6, 6.07) is 2.42. The molecule has 0 aromatic carbocycles. The van der Waals surface area contributed by atoms with Crippen molar-refractivity contribution in [3.05, 3.63) is 0 Å². The SMILES string of the molecule is CCCCCCCCCCCCCCC[Si](CCCCCCCCC)(OCC)OCC. The molecule has 31 heavy (non-hydrogen) atoms. The Morgan fingerprint density at radius 1 is 0.355 bits per heavy atom. The Bertz CT molecular complexity index is 329. The second-order valence-electron chi connectivity index (χ2n) is 9.64. The maximum atomic E-state index is 6.34. The fraction of sp³-hybridized carbons (Fsp3) is 1.00. The van der Waals surface area contributed by atoms with E-state index in [2.05, 4.69) is 27.7 Å². The summed E-state index contributed by atoms with van der Waals surface area (Å²) in [5, 5.41) is 0. The van der Waals surface area contributed by atoms with E-state index in [1.54, 1.807) is 0 Å². The molecular formula is C28H60O2Si. The summed E-state index contributed by atoms with van der Waals surface area (Å²) < 4.78 is 12.7. The van der Waals surface area contributed by atoms with Gasteiger partial charge in [-0.15, -0.1) is 0 Å². The van der Waals surface area contributed by atoms with Crippen LogP contribution in [0.2, 0.25) is 12.1 Å². The van der Waals surface area contributed by atoms with Gasteiger partial charge in [-0.25, -0.2) is 0 Å². The fourth-order valence-electron chi connectivity index (χ4n) is 4.74. The van der Waals surface area contributed by atoms with Gasteiger partial charge < -0.3 is 8.85 Å². The molecule has 188 valence electrons. The van der Waals surface area contributed by atoms with Crippen molar-refractivity contribution >= 4 is 8.56 Å². The lowest BCUT2D eigenvalue weighted by atomic mass is 10.1. The normalized spacial score (nSPS) is 12.0. The van der Waals surface area contributed by atoms with E-state index in [0.717, 1.165) is 13.2 Å². The average Bonchev–Trinajstić information content (AvgIpc) is 2.77. The van der Waals surface area contributed by atoms with Crippen LogP contribution in [0.1, 0.15) is 156 Å². The first-order chi connectivity index (χ1) is 15.2. The van der Waals surface area contributed by atoms with Gasteiger partial charge in [0, 0.05) is 13.2 Å². The van der Waals surface area contributed by atoms with Crippen molar-refractivity contribution in [2.75, 3.05) is 13.2 Å². The lowest BCUT2D eigenvalue weighted by Crippen LogP contribution is -2.42. The van der Waals surface area contributed by atoms with Crippen molar-refractivity contribution in [3.63, 3.8) is 0 Å². The maximum absolute atomic E-state index is 6.34. The number of unbranched alkanes of at least 4 members (excludes halogenated alkanes) is 18. The molecule has 0 heterocycles. The van der Waals surface area contributed by atoms with Gasteiger partial charge in [-0.05, 0) is 25.9 Å². The zero-order chi connectivity index (χ0) is 22.9. The highest BCUT2D eigenvalue weighted by Gasteiger charge is 2.35. The van der Waals surface area contributed by atoms with Crippen molar-refractivity contribution in [1.29, 1.82) is 0 Å². The molecular weight excluding hydrogens is 396 g/mol. The Hall–Kier alpha value is 0.137. The monoisotopic (exact) mass is 456 g/mol. The third-order valence-electron chi connectivity index (χ3n) is 6.64. The summed E-state index contributed by atoms with van der Waals surface area (Å²) in [5.41, 5.74) is 0. The molecule has 3 heteroatoms. The van der Waals surface area contributed by atoms with E-state index < -0.39 is 8.56 Å². The van der Waals surface area contributed by atoms with Crippen LogP contribution in [0, 0.1) is 0 Å². The molecule has 0 saturated heterocycles. The second kappa shape index (κ2) is 24.8. The predicted molar refractivity (Wildman–Crippen MR) is 142 cm³/mol. The summed E-state index contributed by atoms with van der Waals surface area (Å²) in [4.78, 5) is 0. The van der Waals surface area contributed by atoms with Crippen molar-refractivity contribution in [1.82, 2.24) is 0 Å². The molecule has 2 nitrogen and oxygen atoms in total. The summed E-state index contributed by atoms with van der Waals surface area (Å²) in [6.07, 6.45) is 28.0. The highest BCUT2D eigenvalue weighted by atomic mass is 28.4. The highest BCUT2D eigenvalue weighted by Crippen LogP contribution is 2.26. The van der Waals surface area contributed by atoms with Gasteiger partial charge in [0.25, 0.3) is 0 Å². The summed E-state index contributed by atoms with van der Waals surface area (Å²) in [7, 11) is -1.97. The quantitative estimate of drug-likeness (QED) is 0.0951. The van der Waals surface area contributed by atoms with Crippen LogP contribution in [0.5, 0.6) is 0 Å². The summed E-state index contributed by atoms with van der Waals surface area (Å²) >= 11 is 0. The number of hydrogen-bond donors (Lipinski definition) is 0. The third-order valence-corrected chi connectivity index (χ3v) is 10.5. The molecule has 0 saturated carbocycles. The standard InChI is InChI=1S/C28H60O2Si/c1-5-9-11-13-15-16-17-18-19-20-22-24-26-28-31(29-7-3,30-8-4)27-25-23-21-14-12-10-6-2/h5-28H2,1-4H3. The van der Waals surface area contributed by atoms with Gasteiger partial charge in [0.15, 0.2) is 0 Å². The molecule has 0 aliphatic heterocycles. The van der Waals surface area contributed by atoms with Crippen LogP contribution < -0.4 is 0 Å². The van der Waals surface area contributed by atoms with Gasteiger partial charge in [0.1, 0.15) is 0 Å². The van der Waals surface area contributed by atoms with E-state index in [0.29, 0.717) is 0 Å². The van der Waals surface area contributed by atoms with Crippen LogP contribution in [-0.2, 0) is 8.85 Å². The highest BCUT2D eigenvalue weighted by molar-refractivity contribution is 6.67. The van der Waals surface area contributed by atoms with Crippen LogP contribution in [0.15, 0.2) is 0 Å². The molecule has 0 spiro atoms. The number of rotatable bonds is 26. The van der Waals surface area contributed by atoms with Gasteiger partial charge in [0.2, 0.25) is 0 Å². The Morgan fingerprint density at radius 2 is 0.613 bits per heavy atom. The van der Waals surface area contributed by atoms with E-state index in [1.165, 1.54) is 141 Å². The summed E-state index contributed by atoms with van der Waals surface area (Å²) in [6.45, 7) is 10.5. The van der Waals surface area contributed by atoms with Gasteiger partial charge in [0.05, 0.1) is 0 Å². The molecule has 0 amide bonds. The third kappa shape index (κ3) is 20.5. The molecule has 0 aliphatic carbocycles. The van der Waals surface area contributed by atoms with Crippen LogP contribution >= 0.6 is 0 Å². The van der Waals surface area contributed by atoms with E-state index >= 15 is 0 Å².